The molecule has 0 amide bonds. The Labute approximate surface area is 103 Å². The standard InChI is InChI=1S/C10H7BrF4O2/c1-17-9-3-7(12)6(11)2-5(9)8(16)4-10(13,14)15/h2-3H,4H2,1H3. The second-order valence-corrected chi connectivity index (χ2v) is 4.04. The number of Topliss-reactive ketones (excluding diaryl/α,β-unsaturated/α-hetero) is 1. The van der Waals surface area contributed by atoms with Gasteiger partial charge in [-0.05, 0) is 22.0 Å². The van der Waals surface area contributed by atoms with Crippen LogP contribution in [0, 0.1) is 5.82 Å². The molecule has 0 radical (unpaired) electrons. The quantitative estimate of drug-likeness (QED) is 0.627. The van der Waals surface area contributed by atoms with Gasteiger partial charge < -0.3 is 4.74 Å². The van der Waals surface area contributed by atoms with Gasteiger partial charge in [-0.2, -0.15) is 13.2 Å². The van der Waals surface area contributed by atoms with Gasteiger partial charge in [0.15, 0.2) is 5.78 Å². The fourth-order valence-corrected chi connectivity index (χ4v) is 1.54. The number of rotatable bonds is 3. The number of hydrogen-bond acceptors (Lipinski definition) is 2. The van der Waals surface area contributed by atoms with Gasteiger partial charge in [-0.1, -0.05) is 0 Å². The van der Waals surface area contributed by atoms with Crippen LogP contribution in [0.4, 0.5) is 17.6 Å². The molecule has 0 aliphatic carbocycles. The Morgan fingerprint density at radius 3 is 2.47 bits per heavy atom. The molecule has 0 bridgehead atoms. The molecule has 2 nitrogen and oxygen atoms in total. The molecule has 1 rings (SSSR count). The highest BCUT2D eigenvalue weighted by Gasteiger charge is 2.33. The highest BCUT2D eigenvalue weighted by molar-refractivity contribution is 9.10. The van der Waals surface area contributed by atoms with Gasteiger partial charge in [0.2, 0.25) is 0 Å². The van der Waals surface area contributed by atoms with Crippen LogP contribution < -0.4 is 4.74 Å². The Morgan fingerprint density at radius 2 is 2.00 bits per heavy atom. The van der Waals surface area contributed by atoms with E-state index in [-0.39, 0.29) is 15.8 Å². The molecule has 0 aliphatic rings. The summed E-state index contributed by atoms with van der Waals surface area (Å²) in [5.41, 5.74) is -0.307. The Bertz CT molecular complexity index is 443. The molecule has 0 saturated carbocycles. The predicted molar refractivity (Wildman–Crippen MR) is 55.7 cm³/mol. The van der Waals surface area contributed by atoms with Crippen LogP contribution in [0.2, 0.25) is 0 Å². The summed E-state index contributed by atoms with van der Waals surface area (Å²) in [5.74, 6) is -2.11. The van der Waals surface area contributed by atoms with Crippen molar-refractivity contribution in [3.63, 3.8) is 0 Å². The molecular formula is C10H7BrF4O2. The molecule has 1 aromatic carbocycles. The van der Waals surface area contributed by atoms with Crippen LogP contribution >= 0.6 is 15.9 Å². The molecule has 0 saturated heterocycles. The summed E-state index contributed by atoms with van der Waals surface area (Å²) < 4.78 is 53.8. The first-order valence-electron chi connectivity index (χ1n) is 4.37. The minimum absolute atomic E-state index is 0.0937. The third-order valence-corrected chi connectivity index (χ3v) is 2.51. The molecule has 0 spiro atoms. The third kappa shape index (κ3) is 3.69. The van der Waals surface area contributed by atoms with Crippen molar-refractivity contribution in [2.75, 3.05) is 7.11 Å². The number of carbonyl (C=O) groups excluding carboxylic acids is 1. The molecule has 0 aliphatic heterocycles. The van der Waals surface area contributed by atoms with Gasteiger partial charge in [-0.25, -0.2) is 4.39 Å². The highest BCUT2D eigenvalue weighted by Crippen LogP contribution is 2.30. The van der Waals surface area contributed by atoms with Gasteiger partial charge in [0.1, 0.15) is 18.0 Å². The van der Waals surface area contributed by atoms with E-state index < -0.39 is 24.2 Å². The highest BCUT2D eigenvalue weighted by atomic mass is 79.9. The molecule has 0 heterocycles. The average molecular weight is 315 g/mol. The van der Waals surface area contributed by atoms with E-state index in [9.17, 15) is 22.4 Å². The maximum atomic E-state index is 13.1. The maximum absolute atomic E-state index is 13.1. The Morgan fingerprint density at radius 1 is 1.41 bits per heavy atom. The summed E-state index contributed by atoms with van der Waals surface area (Å²) in [6, 6.07) is 1.83. The molecule has 94 valence electrons. The molecule has 1 aromatic rings. The van der Waals surface area contributed by atoms with Crippen molar-refractivity contribution in [2.45, 2.75) is 12.6 Å². The van der Waals surface area contributed by atoms with Crippen molar-refractivity contribution in [3.8, 4) is 5.75 Å². The van der Waals surface area contributed by atoms with E-state index in [2.05, 4.69) is 20.7 Å². The number of ether oxygens (including phenoxy) is 1. The van der Waals surface area contributed by atoms with Gasteiger partial charge >= 0.3 is 6.18 Å². The van der Waals surface area contributed by atoms with Crippen molar-refractivity contribution in [1.29, 1.82) is 0 Å². The molecular weight excluding hydrogens is 308 g/mol. The smallest absolute Gasteiger partial charge is 0.396 e. The van der Waals surface area contributed by atoms with Crippen molar-refractivity contribution >= 4 is 21.7 Å². The van der Waals surface area contributed by atoms with E-state index >= 15 is 0 Å². The van der Waals surface area contributed by atoms with Crippen LogP contribution in [0.1, 0.15) is 16.8 Å². The molecule has 17 heavy (non-hydrogen) atoms. The van der Waals surface area contributed by atoms with Crippen molar-refractivity contribution in [1.82, 2.24) is 0 Å². The van der Waals surface area contributed by atoms with E-state index in [0.717, 1.165) is 19.2 Å². The van der Waals surface area contributed by atoms with Gasteiger partial charge in [-0.15, -0.1) is 0 Å². The van der Waals surface area contributed by atoms with Crippen molar-refractivity contribution in [3.05, 3.63) is 28.0 Å². The summed E-state index contributed by atoms with van der Waals surface area (Å²) in [7, 11) is 1.15. The van der Waals surface area contributed by atoms with Gasteiger partial charge in [0, 0.05) is 6.07 Å². The zero-order valence-electron chi connectivity index (χ0n) is 8.57. The summed E-state index contributed by atoms with van der Waals surface area (Å²) in [4.78, 5) is 11.4. The lowest BCUT2D eigenvalue weighted by atomic mass is 10.1. The first-order valence-corrected chi connectivity index (χ1v) is 5.17. The molecule has 0 N–H and O–H groups in total. The molecule has 0 fully saturated rings. The number of hydrogen-bond donors (Lipinski definition) is 0. The van der Waals surface area contributed by atoms with Crippen LogP contribution in [0.25, 0.3) is 0 Å². The fraction of sp³-hybridized carbons (Fsp3) is 0.300. The first kappa shape index (κ1) is 14.0. The Hall–Kier alpha value is -1.11. The number of carbonyl (C=O) groups is 1. The lowest BCUT2D eigenvalue weighted by molar-refractivity contribution is -0.125. The van der Waals surface area contributed by atoms with Gasteiger partial charge in [-0.3, -0.25) is 4.79 Å². The lowest BCUT2D eigenvalue weighted by Gasteiger charge is -2.10. The summed E-state index contributed by atoms with van der Waals surface area (Å²) >= 11 is 2.79. The van der Waals surface area contributed by atoms with Crippen molar-refractivity contribution < 1.29 is 27.1 Å². The van der Waals surface area contributed by atoms with Crippen molar-refractivity contribution in [2.24, 2.45) is 0 Å². The minimum Gasteiger partial charge on any atom is -0.496 e. The summed E-state index contributed by atoms with van der Waals surface area (Å²) in [6.07, 6.45) is -6.22. The van der Waals surface area contributed by atoms with Crippen LogP contribution in [0.3, 0.4) is 0 Å². The summed E-state index contributed by atoms with van der Waals surface area (Å²) in [6.45, 7) is 0. The largest absolute Gasteiger partial charge is 0.496 e. The molecule has 0 atom stereocenters. The molecule has 7 heteroatoms. The van der Waals surface area contributed by atoms with Crippen LogP contribution in [-0.2, 0) is 0 Å². The number of alkyl halides is 3. The molecule has 0 aromatic heterocycles. The molecule has 0 unspecified atom stereocenters. The lowest BCUT2D eigenvalue weighted by Crippen LogP contribution is -2.15. The number of ketones is 1. The van der Waals surface area contributed by atoms with Crippen LogP contribution in [0.15, 0.2) is 16.6 Å². The second-order valence-electron chi connectivity index (χ2n) is 3.18. The SMILES string of the molecule is COc1cc(F)c(Br)cc1C(=O)CC(F)(F)F. The Balaban J connectivity index is 3.12. The van der Waals surface area contributed by atoms with E-state index in [1.165, 1.54) is 0 Å². The van der Waals surface area contributed by atoms with E-state index in [0.29, 0.717) is 0 Å². The van der Waals surface area contributed by atoms with E-state index in [1.807, 2.05) is 0 Å². The zero-order chi connectivity index (χ0) is 13.2. The topological polar surface area (TPSA) is 26.3 Å². The van der Waals surface area contributed by atoms with Crippen LogP contribution in [-0.4, -0.2) is 19.1 Å². The Kier molecular flexibility index (Phi) is 4.13. The monoisotopic (exact) mass is 314 g/mol. The first-order chi connectivity index (χ1) is 7.74. The summed E-state index contributed by atoms with van der Waals surface area (Å²) in [5, 5.41) is 0. The number of halogens is 5. The zero-order valence-corrected chi connectivity index (χ0v) is 10.2. The number of benzene rings is 1. The number of methoxy groups -OCH3 is 1. The van der Waals surface area contributed by atoms with E-state index in [1.54, 1.807) is 0 Å². The minimum atomic E-state index is -4.61. The van der Waals surface area contributed by atoms with Crippen LogP contribution in [0.5, 0.6) is 5.75 Å². The van der Waals surface area contributed by atoms with Gasteiger partial charge in [0.05, 0.1) is 17.1 Å². The maximum Gasteiger partial charge on any atom is 0.396 e. The van der Waals surface area contributed by atoms with Gasteiger partial charge in [0.25, 0.3) is 0 Å². The average Bonchev–Trinajstić information content (AvgIpc) is 2.18. The van der Waals surface area contributed by atoms with E-state index in [4.69, 9.17) is 0 Å². The fourth-order valence-electron chi connectivity index (χ4n) is 1.19. The normalized spacial score (nSPS) is 11.4. The predicted octanol–water partition coefficient (Wildman–Crippen LogP) is 3.73. The third-order valence-electron chi connectivity index (χ3n) is 1.90. The second kappa shape index (κ2) is 5.03.